The second kappa shape index (κ2) is 7.29. The van der Waals surface area contributed by atoms with Crippen molar-refractivity contribution in [2.45, 2.75) is 19.9 Å². The smallest absolute Gasteiger partial charge is 0.263 e. The van der Waals surface area contributed by atoms with Crippen molar-refractivity contribution in [3.8, 4) is 0 Å². The first-order chi connectivity index (χ1) is 12.7. The van der Waals surface area contributed by atoms with Crippen molar-refractivity contribution in [3.05, 3.63) is 42.4 Å². The maximum atomic E-state index is 5.22. The lowest BCUT2D eigenvalue weighted by molar-refractivity contribution is 0.251. The summed E-state index contributed by atoms with van der Waals surface area (Å²) in [7, 11) is 0. The predicted octanol–water partition coefficient (Wildman–Crippen LogP) is 2.55. The van der Waals surface area contributed by atoms with Crippen LogP contribution >= 0.6 is 0 Å². The van der Waals surface area contributed by atoms with Crippen LogP contribution in [0.25, 0.3) is 11.1 Å². The average molecular weight is 352 g/mol. The van der Waals surface area contributed by atoms with Crippen molar-refractivity contribution in [1.29, 1.82) is 0 Å². The largest absolute Gasteiger partial charge is 0.369 e. The molecule has 1 saturated heterocycles. The highest BCUT2D eigenvalue weighted by atomic mass is 16.5. The van der Waals surface area contributed by atoms with Gasteiger partial charge in [0.05, 0.1) is 5.69 Å². The number of nitrogens with zero attached hydrogens (tertiary/aromatic N) is 5. The first-order valence-corrected chi connectivity index (χ1v) is 9.06. The standard InChI is InChI=1S/C19H24N6O/c1-14(22-18-17-15(2)23-26-19(17)21-13-20-18)12-24-8-10-25(11-9-24)16-6-4-3-5-7-16/h3-7,13-14H,8-12H2,1-2H3,(H,20,21,22)/t14-/m0/s1. The minimum Gasteiger partial charge on any atom is -0.369 e. The summed E-state index contributed by atoms with van der Waals surface area (Å²) < 4.78 is 5.22. The predicted molar refractivity (Wildman–Crippen MR) is 103 cm³/mol. The van der Waals surface area contributed by atoms with E-state index in [1.54, 1.807) is 0 Å². The number of aryl methyl sites for hydroxylation is 1. The number of anilines is 2. The van der Waals surface area contributed by atoms with Crippen LogP contribution in [-0.4, -0.2) is 58.8 Å². The Morgan fingerprint density at radius 1 is 1.12 bits per heavy atom. The summed E-state index contributed by atoms with van der Waals surface area (Å²) in [5, 5.41) is 8.35. The van der Waals surface area contributed by atoms with Gasteiger partial charge in [0.2, 0.25) is 0 Å². The molecule has 136 valence electrons. The molecule has 3 heterocycles. The molecule has 0 bridgehead atoms. The molecule has 0 radical (unpaired) electrons. The van der Waals surface area contributed by atoms with Crippen LogP contribution in [0.15, 0.2) is 41.2 Å². The lowest BCUT2D eigenvalue weighted by Gasteiger charge is -2.37. The first kappa shape index (κ1) is 16.8. The van der Waals surface area contributed by atoms with Gasteiger partial charge in [-0.05, 0) is 26.0 Å². The number of hydrogen-bond acceptors (Lipinski definition) is 7. The van der Waals surface area contributed by atoms with E-state index >= 15 is 0 Å². The summed E-state index contributed by atoms with van der Waals surface area (Å²) in [5.74, 6) is 0.796. The fourth-order valence-corrected chi connectivity index (χ4v) is 3.53. The first-order valence-electron chi connectivity index (χ1n) is 9.06. The monoisotopic (exact) mass is 352 g/mol. The van der Waals surface area contributed by atoms with Crippen LogP contribution in [0.5, 0.6) is 0 Å². The molecule has 0 aliphatic carbocycles. The number of rotatable bonds is 5. The number of para-hydroxylation sites is 1. The molecular weight excluding hydrogens is 328 g/mol. The molecule has 2 aromatic heterocycles. The summed E-state index contributed by atoms with van der Waals surface area (Å²) in [4.78, 5) is 13.4. The summed E-state index contributed by atoms with van der Waals surface area (Å²) >= 11 is 0. The minimum atomic E-state index is 0.269. The second-order valence-electron chi connectivity index (χ2n) is 6.84. The summed E-state index contributed by atoms with van der Waals surface area (Å²) in [6.45, 7) is 9.30. The van der Waals surface area contributed by atoms with Gasteiger partial charge in [0.25, 0.3) is 5.71 Å². The fourth-order valence-electron chi connectivity index (χ4n) is 3.53. The Morgan fingerprint density at radius 2 is 1.88 bits per heavy atom. The minimum absolute atomic E-state index is 0.269. The van der Waals surface area contributed by atoms with Crippen molar-refractivity contribution in [2.24, 2.45) is 0 Å². The van der Waals surface area contributed by atoms with Gasteiger partial charge in [-0.3, -0.25) is 4.90 Å². The van der Waals surface area contributed by atoms with E-state index in [1.165, 1.54) is 12.0 Å². The Hall–Kier alpha value is -2.67. The third-order valence-corrected chi connectivity index (χ3v) is 4.85. The Morgan fingerprint density at radius 3 is 2.65 bits per heavy atom. The van der Waals surface area contributed by atoms with Crippen molar-refractivity contribution in [2.75, 3.05) is 42.9 Å². The number of benzene rings is 1. The van der Waals surface area contributed by atoms with E-state index < -0.39 is 0 Å². The van der Waals surface area contributed by atoms with E-state index in [9.17, 15) is 0 Å². The Kier molecular flexibility index (Phi) is 4.71. The zero-order valence-corrected chi connectivity index (χ0v) is 15.2. The average Bonchev–Trinajstić information content (AvgIpc) is 3.05. The number of aromatic nitrogens is 3. The molecule has 0 unspecified atom stereocenters. The van der Waals surface area contributed by atoms with Crippen molar-refractivity contribution < 1.29 is 4.52 Å². The molecular formula is C19H24N6O. The van der Waals surface area contributed by atoms with E-state index in [1.807, 2.05) is 6.92 Å². The molecule has 7 heteroatoms. The van der Waals surface area contributed by atoms with E-state index in [2.05, 4.69) is 67.5 Å². The van der Waals surface area contributed by atoms with E-state index in [0.29, 0.717) is 5.71 Å². The van der Waals surface area contributed by atoms with Crippen molar-refractivity contribution in [3.63, 3.8) is 0 Å². The van der Waals surface area contributed by atoms with Crippen LogP contribution in [0, 0.1) is 6.92 Å². The molecule has 3 aromatic rings. The van der Waals surface area contributed by atoms with Crippen LogP contribution in [0.3, 0.4) is 0 Å². The van der Waals surface area contributed by atoms with Crippen LogP contribution in [-0.2, 0) is 0 Å². The van der Waals surface area contributed by atoms with E-state index in [0.717, 1.165) is 49.6 Å². The number of hydrogen-bond donors (Lipinski definition) is 1. The topological polar surface area (TPSA) is 70.3 Å². The van der Waals surface area contributed by atoms with E-state index in [4.69, 9.17) is 4.52 Å². The van der Waals surface area contributed by atoms with Crippen LogP contribution in [0.4, 0.5) is 11.5 Å². The van der Waals surface area contributed by atoms with Gasteiger partial charge in [-0.25, -0.2) is 4.98 Å². The van der Waals surface area contributed by atoms with Gasteiger partial charge in [-0.2, -0.15) is 4.98 Å². The number of nitrogens with one attached hydrogen (secondary N) is 1. The number of piperazine rings is 1. The number of fused-ring (bicyclic) bond motifs is 1. The molecule has 1 aromatic carbocycles. The van der Waals surface area contributed by atoms with Gasteiger partial charge >= 0.3 is 0 Å². The molecule has 0 saturated carbocycles. The third-order valence-electron chi connectivity index (χ3n) is 4.85. The maximum Gasteiger partial charge on any atom is 0.263 e. The van der Waals surface area contributed by atoms with Crippen molar-refractivity contribution >= 4 is 22.6 Å². The van der Waals surface area contributed by atoms with Gasteiger partial charge in [0.1, 0.15) is 17.5 Å². The Balaban J connectivity index is 1.34. The zero-order valence-electron chi connectivity index (χ0n) is 15.2. The Labute approximate surface area is 153 Å². The van der Waals surface area contributed by atoms with Gasteiger partial charge in [-0.15, -0.1) is 0 Å². The maximum absolute atomic E-state index is 5.22. The van der Waals surface area contributed by atoms with Gasteiger partial charge in [0, 0.05) is 44.5 Å². The SMILES string of the molecule is Cc1noc2ncnc(N[C@@H](C)CN3CCN(c4ccccc4)CC3)c12. The molecule has 1 fully saturated rings. The van der Waals surface area contributed by atoms with Crippen molar-refractivity contribution in [1.82, 2.24) is 20.0 Å². The van der Waals surface area contributed by atoms with Crippen LogP contribution in [0.2, 0.25) is 0 Å². The molecule has 26 heavy (non-hydrogen) atoms. The molecule has 7 nitrogen and oxygen atoms in total. The third kappa shape index (κ3) is 3.48. The van der Waals surface area contributed by atoms with Crippen LogP contribution in [0.1, 0.15) is 12.6 Å². The molecule has 1 atom stereocenters. The molecule has 0 spiro atoms. The normalized spacial score (nSPS) is 16.8. The molecule has 0 amide bonds. The summed E-state index contributed by atoms with van der Waals surface area (Å²) in [5.41, 5.74) is 2.65. The second-order valence-corrected chi connectivity index (χ2v) is 6.84. The quantitative estimate of drug-likeness (QED) is 0.756. The molecule has 4 rings (SSSR count). The molecule has 1 N–H and O–H groups in total. The van der Waals surface area contributed by atoms with Gasteiger partial charge in [0.15, 0.2) is 0 Å². The summed E-state index contributed by atoms with van der Waals surface area (Å²) in [6, 6.07) is 10.9. The van der Waals surface area contributed by atoms with E-state index in [-0.39, 0.29) is 6.04 Å². The molecule has 1 aliphatic heterocycles. The zero-order chi connectivity index (χ0) is 17.9. The Bertz CT molecular complexity index is 857. The summed E-state index contributed by atoms with van der Waals surface area (Å²) in [6.07, 6.45) is 1.51. The highest BCUT2D eigenvalue weighted by Gasteiger charge is 2.20. The lowest BCUT2D eigenvalue weighted by Crippen LogP contribution is -2.49. The van der Waals surface area contributed by atoms with Gasteiger partial charge in [-0.1, -0.05) is 23.4 Å². The highest BCUT2D eigenvalue weighted by Crippen LogP contribution is 2.23. The highest BCUT2D eigenvalue weighted by molar-refractivity contribution is 5.87. The fraction of sp³-hybridized carbons (Fsp3) is 0.421. The molecule has 1 aliphatic rings. The van der Waals surface area contributed by atoms with Crippen LogP contribution < -0.4 is 10.2 Å². The lowest BCUT2D eigenvalue weighted by atomic mass is 10.2. The van der Waals surface area contributed by atoms with Gasteiger partial charge < -0.3 is 14.7 Å².